The van der Waals surface area contributed by atoms with Crippen molar-refractivity contribution in [1.29, 1.82) is 0 Å². The Morgan fingerprint density at radius 1 is 1.77 bits per heavy atom. The highest BCUT2D eigenvalue weighted by atomic mass is 16.5. The lowest BCUT2D eigenvalue weighted by molar-refractivity contribution is 0.0592. The maximum Gasteiger partial charge on any atom is 0.356 e. The first kappa shape index (κ1) is 9.73. The van der Waals surface area contributed by atoms with Gasteiger partial charge in [0, 0.05) is 5.56 Å². The van der Waals surface area contributed by atoms with E-state index in [4.69, 9.17) is 5.73 Å². The number of methoxy groups -OCH3 is 1. The van der Waals surface area contributed by atoms with Crippen LogP contribution in [-0.4, -0.2) is 29.8 Å². The zero-order valence-electron chi connectivity index (χ0n) is 7.54. The molecule has 1 rings (SSSR count). The van der Waals surface area contributed by atoms with Gasteiger partial charge < -0.3 is 10.5 Å². The van der Waals surface area contributed by atoms with Crippen molar-refractivity contribution < 1.29 is 9.53 Å². The second-order valence-electron chi connectivity index (χ2n) is 2.65. The Morgan fingerprint density at radius 3 is 3.15 bits per heavy atom. The molecular weight excluding hydrogens is 170 g/mol. The molecule has 0 spiro atoms. The molecule has 0 aliphatic rings. The lowest BCUT2D eigenvalue weighted by atomic mass is 10.1. The summed E-state index contributed by atoms with van der Waals surface area (Å²) in [6.45, 7) is 0.603. The van der Waals surface area contributed by atoms with E-state index in [1.807, 2.05) is 0 Å². The highest BCUT2D eigenvalue weighted by molar-refractivity contribution is 5.88. The van der Waals surface area contributed by atoms with Crippen LogP contribution in [0.2, 0.25) is 0 Å². The van der Waals surface area contributed by atoms with Crippen LogP contribution >= 0.6 is 0 Å². The molecule has 0 saturated carbocycles. The number of hydrogen-bond donors (Lipinski definition) is 2. The van der Waals surface area contributed by atoms with Crippen LogP contribution in [0.3, 0.4) is 0 Å². The third-order valence-corrected chi connectivity index (χ3v) is 1.76. The summed E-state index contributed by atoms with van der Waals surface area (Å²) >= 11 is 0. The maximum absolute atomic E-state index is 11.1. The Kier molecular flexibility index (Phi) is 3.45. The number of nitrogens with zero attached hydrogens (tertiary/aromatic N) is 1. The number of aryl methyl sites for hydroxylation is 1. The van der Waals surface area contributed by atoms with E-state index >= 15 is 0 Å². The summed E-state index contributed by atoms with van der Waals surface area (Å²) in [4.78, 5) is 11.1. The van der Waals surface area contributed by atoms with E-state index in [9.17, 15) is 4.79 Å². The number of nitrogens with one attached hydrogen (secondary N) is 1. The van der Waals surface area contributed by atoms with Gasteiger partial charge in [0.2, 0.25) is 0 Å². The minimum absolute atomic E-state index is 0.385. The van der Waals surface area contributed by atoms with Gasteiger partial charge in [0.15, 0.2) is 0 Å². The number of rotatable bonds is 4. The zero-order valence-corrected chi connectivity index (χ0v) is 7.54. The summed E-state index contributed by atoms with van der Waals surface area (Å²) in [5, 5.41) is 6.38. The second-order valence-corrected chi connectivity index (χ2v) is 2.65. The molecule has 0 unspecified atom stereocenters. The van der Waals surface area contributed by atoms with Crippen molar-refractivity contribution in [3.63, 3.8) is 0 Å². The summed E-state index contributed by atoms with van der Waals surface area (Å²) in [7, 11) is 1.34. The van der Waals surface area contributed by atoms with Gasteiger partial charge in [0.05, 0.1) is 13.3 Å². The van der Waals surface area contributed by atoms with Crippen molar-refractivity contribution in [2.45, 2.75) is 12.8 Å². The number of hydrogen-bond acceptors (Lipinski definition) is 4. The minimum atomic E-state index is -0.385. The lowest BCUT2D eigenvalue weighted by Gasteiger charge is -1.99. The van der Waals surface area contributed by atoms with Crippen molar-refractivity contribution in [2.24, 2.45) is 5.73 Å². The molecule has 1 heterocycles. The molecule has 0 atom stereocenters. The Morgan fingerprint density at radius 2 is 2.54 bits per heavy atom. The van der Waals surface area contributed by atoms with Crippen LogP contribution in [0.15, 0.2) is 6.20 Å². The van der Waals surface area contributed by atoms with Gasteiger partial charge in [-0.3, -0.25) is 5.10 Å². The molecule has 0 aliphatic heterocycles. The SMILES string of the molecule is COC(=O)c1[nH]ncc1CCCN. The monoisotopic (exact) mass is 183 g/mol. The average Bonchev–Trinajstić information content (AvgIpc) is 2.61. The Balaban J connectivity index is 2.71. The molecule has 0 radical (unpaired) electrons. The minimum Gasteiger partial charge on any atom is -0.464 e. The summed E-state index contributed by atoms with van der Waals surface area (Å²) in [5.41, 5.74) is 6.64. The fourth-order valence-electron chi connectivity index (χ4n) is 1.07. The van der Waals surface area contributed by atoms with E-state index in [1.54, 1.807) is 6.20 Å². The van der Waals surface area contributed by atoms with Crippen LogP contribution in [0, 0.1) is 0 Å². The van der Waals surface area contributed by atoms with Crippen LogP contribution < -0.4 is 5.73 Å². The van der Waals surface area contributed by atoms with E-state index in [2.05, 4.69) is 14.9 Å². The lowest BCUT2D eigenvalue weighted by Crippen LogP contribution is -2.07. The Bertz CT molecular complexity index is 283. The van der Waals surface area contributed by atoms with Crippen LogP contribution in [0.25, 0.3) is 0 Å². The van der Waals surface area contributed by atoms with E-state index in [0.717, 1.165) is 18.4 Å². The van der Waals surface area contributed by atoms with Gasteiger partial charge in [-0.1, -0.05) is 0 Å². The van der Waals surface area contributed by atoms with E-state index in [0.29, 0.717) is 12.2 Å². The molecule has 0 aliphatic carbocycles. The van der Waals surface area contributed by atoms with Crippen molar-refractivity contribution in [3.8, 4) is 0 Å². The number of carbonyl (C=O) groups excluding carboxylic acids is 1. The predicted molar refractivity (Wildman–Crippen MR) is 47.3 cm³/mol. The Labute approximate surface area is 76.3 Å². The maximum atomic E-state index is 11.1. The zero-order chi connectivity index (χ0) is 9.68. The third-order valence-electron chi connectivity index (χ3n) is 1.76. The van der Waals surface area contributed by atoms with E-state index < -0.39 is 0 Å². The molecule has 72 valence electrons. The number of ether oxygens (including phenoxy) is 1. The van der Waals surface area contributed by atoms with Gasteiger partial charge in [-0.2, -0.15) is 5.10 Å². The van der Waals surface area contributed by atoms with Crippen LogP contribution in [0.4, 0.5) is 0 Å². The van der Waals surface area contributed by atoms with Gasteiger partial charge in [-0.25, -0.2) is 4.79 Å². The van der Waals surface area contributed by atoms with Crippen LogP contribution in [-0.2, 0) is 11.2 Å². The summed E-state index contributed by atoms with van der Waals surface area (Å²) in [5.74, 6) is -0.385. The summed E-state index contributed by atoms with van der Waals surface area (Å²) in [6, 6.07) is 0. The molecule has 5 nitrogen and oxygen atoms in total. The molecule has 0 bridgehead atoms. The molecular formula is C8H13N3O2. The summed E-state index contributed by atoms with van der Waals surface area (Å²) < 4.78 is 4.57. The van der Waals surface area contributed by atoms with Crippen molar-refractivity contribution in [2.75, 3.05) is 13.7 Å². The highest BCUT2D eigenvalue weighted by Gasteiger charge is 2.12. The van der Waals surface area contributed by atoms with Crippen LogP contribution in [0.1, 0.15) is 22.5 Å². The number of nitrogens with two attached hydrogens (primary N) is 1. The first-order chi connectivity index (χ1) is 6.29. The summed E-state index contributed by atoms with van der Waals surface area (Å²) in [6.07, 6.45) is 3.21. The highest BCUT2D eigenvalue weighted by Crippen LogP contribution is 2.07. The van der Waals surface area contributed by atoms with Crippen molar-refractivity contribution in [3.05, 3.63) is 17.5 Å². The van der Waals surface area contributed by atoms with Crippen molar-refractivity contribution >= 4 is 5.97 Å². The number of aromatic nitrogens is 2. The number of carbonyl (C=O) groups is 1. The van der Waals surface area contributed by atoms with Gasteiger partial charge in [0.1, 0.15) is 5.69 Å². The standard InChI is InChI=1S/C8H13N3O2/c1-13-8(12)7-6(3-2-4-9)5-10-11-7/h5H,2-4,9H2,1H3,(H,10,11). The predicted octanol–water partition coefficient (Wildman–Crippen LogP) is 0.0876. The molecule has 0 aromatic carbocycles. The Hall–Kier alpha value is -1.36. The van der Waals surface area contributed by atoms with Gasteiger partial charge in [0.25, 0.3) is 0 Å². The van der Waals surface area contributed by atoms with Crippen LogP contribution in [0.5, 0.6) is 0 Å². The topological polar surface area (TPSA) is 81.0 Å². The smallest absolute Gasteiger partial charge is 0.356 e. The molecule has 0 fully saturated rings. The molecule has 1 aromatic rings. The molecule has 0 amide bonds. The number of aromatic amines is 1. The average molecular weight is 183 g/mol. The quantitative estimate of drug-likeness (QED) is 0.648. The largest absolute Gasteiger partial charge is 0.464 e. The number of esters is 1. The van der Waals surface area contributed by atoms with Gasteiger partial charge in [-0.15, -0.1) is 0 Å². The molecule has 1 aromatic heterocycles. The van der Waals surface area contributed by atoms with Crippen molar-refractivity contribution in [1.82, 2.24) is 10.2 Å². The third kappa shape index (κ3) is 2.29. The van der Waals surface area contributed by atoms with Gasteiger partial charge >= 0.3 is 5.97 Å². The normalized spacial score (nSPS) is 10.0. The molecule has 5 heteroatoms. The molecule has 0 saturated heterocycles. The molecule has 13 heavy (non-hydrogen) atoms. The first-order valence-corrected chi connectivity index (χ1v) is 4.10. The first-order valence-electron chi connectivity index (χ1n) is 4.10. The fourth-order valence-corrected chi connectivity index (χ4v) is 1.07. The number of H-pyrrole nitrogens is 1. The van der Waals surface area contributed by atoms with E-state index in [1.165, 1.54) is 7.11 Å². The molecule has 3 N–H and O–H groups in total. The fraction of sp³-hybridized carbons (Fsp3) is 0.500. The second kappa shape index (κ2) is 4.61. The van der Waals surface area contributed by atoms with Gasteiger partial charge in [-0.05, 0) is 19.4 Å². The van der Waals surface area contributed by atoms with E-state index in [-0.39, 0.29) is 5.97 Å².